The van der Waals surface area contributed by atoms with Gasteiger partial charge in [-0.2, -0.15) is 0 Å². The van der Waals surface area contributed by atoms with Crippen molar-refractivity contribution in [3.63, 3.8) is 0 Å². The van der Waals surface area contributed by atoms with Crippen LogP contribution in [0.25, 0.3) is 0 Å². The van der Waals surface area contributed by atoms with E-state index >= 15 is 0 Å². The van der Waals surface area contributed by atoms with Crippen molar-refractivity contribution in [2.75, 3.05) is 0 Å². The molecule has 0 heterocycles. The minimum atomic E-state index is -1.12. The molecular formula is C10H11NO3. The zero-order chi connectivity index (χ0) is 10.4. The van der Waals surface area contributed by atoms with Crippen molar-refractivity contribution in [3.8, 4) is 0 Å². The number of hydrogen-bond donors (Lipinski definition) is 2. The van der Waals surface area contributed by atoms with Crippen LogP contribution >= 0.6 is 0 Å². The van der Waals surface area contributed by atoms with Crippen molar-refractivity contribution in [1.82, 2.24) is 5.32 Å². The average molecular weight is 193 g/mol. The molecule has 0 radical (unpaired) electrons. The summed E-state index contributed by atoms with van der Waals surface area (Å²) in [5.41, 5.74) is 0.794. The zero-order valence-electron chi connectivity index (χ0n) is 7.51. The molecule has 4 nitrogen and oxygen atoms in total. The monoisotopic (exact) mass is 193 g/mol. The topological polar surface area (TPSA) is 66.4 Å². The molecular weight excluding hydrogens is 182 g/mol. The van der Waals surface area contributed by atoms with Gasteiger partial charge in [-0.25, -0.2) is 4.79 Å². The summed E-state index contributed by atoms with van der Waals surface area (Å²) in [6.07, 6.45) is -0.273. The second-order valence-corrected chi connectivity index (χ2v) is 2.82. The molecule has 0 aromatic heterocycles. The van der Waals surface area contributed by atoms with E-state index < -0.39 is 12.1 Å². The Labute approximate surface area is 81.6 Å². The Morgan fingerprint density at radius 2 is 2.07 bits per heavy atom. The molecule has 0 aliphatic carbocycles. The fourth-order valence-corrected chi connectivity index (χ4v) is 1.21. The molecule has 0 spiro atoms. The molecule has 1 atom stereocenters. The second kappa shape index (κ2) is 5.01. The maximum absolute atomic E-state index is 10.4. The first kappa shape index (κ1) is 10.2. The predicted molar refractivity (Wildman–Crippen MR) is 51.0 cm³/mol. The van der Waals surface area contributed by atoms with Gasteiger partial charge >= 0.3 is 6.09 Å². The van der Waals surface area contributed by atoms with Gasteiger partial charge in [0.25, 0.3) is 0 Å². The molecule has 74 valence electrons. The molecule has 1 aromatic rings. The van der Waals surface area contributed by atoms with Gasteiger partial charge in [0.2, 0.25) is 0 Å². The fraction of sp³-hybridized carbons (Fsp3) is 0.200. The van der Waals surface area contributed by atoms with E-state index in [2.05, 4.69) is 5.32 Å². The van der Waals surface area contributed by atoms with Gasteiger partial charge < -0.3 is 15.2 Å². The smallest absolute Gasteiger partial charge is 0.405 e. The van der Waals surface area contributed by atoms with Crippen LogP contribution in [-0.4, -0.2) is 17.5 Å². The number of carbonyl (C=O) groups excluding carboxylic acids is 1. The van der Waals surface area contributed by atoms with E-state index in [9.17, 15) is 9.59 Å². The first-order valence-electron chi connectivity index (χ1n) is 4.22. The van der Waals surface area contributed by atoms with Gasteiger partial charge in [-0.05, 0) is 5.56 Å². The summed E-state index contributed by atoms with van der Waals surface area (Å²) in [6, 6.07) is 8.55. The molecule has 2 N–H and O–H groups in total. The van der Waals surface area contributed by atoms with Gasteiger partial charge in [-0.3, -0.25) is 0 Å². The highest BCUT2D eigenvalue weighted by Gasteiger charge is 2.12. The fourth-order valence-electron chi connectivity index (χ4n) is 1.21. The van der Waals surface area contributed by atoms with Gasteiger partial charge in [0.05, 0.1) is 6.04 Å². The molecule has 1 rings (SSSR count). The molecule has 0 unspecified atom stereocenters. The molecule has 0 fully saturated rings. The number of rotatable bonds is 4. The minimum Gasteiger partial charge on any atom is -0.465 e. The molecule has 0 aliphatic heterocycles. The number of carbonyl (C=O) groups is 2. The van der Waals surface area contributed by atoms with E-state index in [0.717, 1.165) is 5.56 Å². The maximum Gasteiger partial charge on any atom is 0.405 e. The quantitative estimate of drug-likeness (QED) is 0.713. The molecule has 14 heavy (non-hydrogen) atoms. The van der Waals surface area contributed by atoms with Crippen LogP contribution in [0.2, 0.25) is 0 Å². The Hall–Kier alpha value is -1.84. The lowest BCUT2D eigenvalue weighted by atomic mass is 10.1. The number of nitrogens with one attached hydrogen (secondary N) is 1. The van der Waals surface area contributed by atoms with Crippen molar-refractivity contribution < 1.29 is 14.7 Å². The van der Waals surface area contributed by atoms with Crippen molar-refractivity contribution in [3.05, 3.63) is 35.9 Å². The second-order valence-electron chi connectivity index (χ2n) is 2.82. The van der Waals surface area contributed by atoms with Crippen LogP contribution in [0.1, 0.15) is 18.0 Å². The first-order valence-corrected chi connectivity index (χ1v) is 4.22. The van der Waals surface area contributed by atoms with E-state index in [0.29, 0.717) is 6.29 Å². The highest BCUT2D eigenvalue weighted by Crippen LogP contribution is 2.14. The van der Waals surface area contributed by atoms with Crippen LogP contribution in [0, 0.1) is 0 Å². The summed E-state index contributed by atoms with van der Waals surface area (Å²) in [6.45, 7) is 0. The Bertz CT molecular complexity index is 310. The average Bonchev–Trinajstić information content (AvgIpc) is 2.18. The zero-order valence-corrected chi connectivity index (χ0v) is 7.51. The van der Waals surface area contributed by atoms with E-state index in [-0.39, 0.29) is 6.42 Å². The molecule has 1 aromatic carbocycles. The number of hydrogen-bond acceptors (Lipinski definition) is 2. The van der Waals surface area contributed by atoms with Gasteiger partial charge in [0.15, 0.2) is 0 Å². The van der Waals surface area contributed by atoms with Gasteiger partial charge in [0.1, 0.15) is 6.29 Å². The number of benzene rings is 1. The summed E-state index contributed by atoms with van der Waals surface area (Å²) in [5.74, 6) is 0. The lowest BCUT2D eigenvalue weighted by molar-refractivity contribution is -0.108. The third kappa shape index (κ3) is 2.90. The molecule has 4 heteroatoms. The Balaban J connectivity index is 2.77. The lowest BCUT2D eigenvalue weighted by Crippen LogP contribution is -2.26. The Morgan fingerprint density at radius 1 is 1.43 bits per heavy atom. The van der Waals surface area contributed by atoms with E-state index in [1.54, 1.807) is 24.3 Å². The highest BCUT2D eigenvalue weighted by atomic mass is 16.4. The summed E-state index contributed by atoms with van der Waals surface area (Å²) in [4.78, 5) is 20.8. The van der Waals surface area contributed by atoms with Crippen molar-refractivity contribution >= 4 is 12.4 Å². The van der Waals surface area contributed by atoms with E-state index in [1.165, 1.54) is 0 Å². The van der Waals surface area contributed by atoms with E-state index in [4.69, 9.17) is 5.11 Å². The number of aldehydes is 1. The summed E-state index contributed by atoms with van der Waals surface area (Å²) in [7, 11) is 0. The number of amides is 1. The predicted octanol–water partition coefficient (Wildman–Crippen LogP) is 1.58. The summed E-state index contributed by atoms with van der Waals surface area (Å²) >= 11 is 0. The van der Waals surface area contributed by atoms with Crippen molar-refractivity contribution in [2.45, 2.75) is 12.5 Å². The Morgan fingerprint density at radius 3 is 2.57 bits per heavy atom. The van der Waals surface area contributed by atoms with Crippen molar-refractivity contribution in [1.29, 1.82) is 0 Å². The standard InChI is InChI=1S/C10H11NO3/c12-7-6-9(11-10(13)14)8-4-2-1-3-5-8/h1-5,7,9,11H,6H2,(H,13,14)/t9-/m0/s1. The minimum absolute atomic E-state index is 0.149. The maximum atomic E-state index is 10.4. The van der Waals surface area contributed by atoms with Crippen LogP contribution in [0.15, 0.2) is 30.3 Å². The molecule has 0 saturated carbocycles. The summed E-state index contributed by atoms with van der Waals surface area (Å²) < 4.78 is 0. The van der Waals surface area contributed by atoms with Crippen LogP contribution in [0.3, 0.4) is 0 Å². The van der Waals surface area contributed by atoms with Crippen molar-refractivity contribution in [2.24, 2.45) is 0 Å². The van der Waals surface area contributed by atoms with Crippen LogP contribution < -0.4 is 5.32 Å². The largest absolute Gasteiger partial charge is 0.465 e. The third-order valence-electron chi connectivity index (χ3n) is 1.83. The first-order chi connectivity index (χ1) is 6.74. The van der Waals surface area contributed by atoms with Crippen LogP contribution in [0.4, 0.5) is 4.79 Å². The highest BCUT2D eigenvalue weighted by molar-refractivity contribution is 5.66. The molecule has 0 aliphatic rings. The summed E-state index contributed by atoms with van der Waals surface area (Å²) in [5, 5.41) is 10.8. The molecule has 1 amide bonds. The van der Waals surface area contributed by atoms with Gasteiger partial charge in [-0.15, -0.1) is 0 Å². The van der Waals surface area contributed by atoms with Crippen LogP contribution in [0.5, 0.6) is 0 Å². The molecule has 0 bridgehead atoms. The van der Waals surface area contributed by atoms with E-state index in [1.807, 2.05) is 6.07 Å². The van der Waals surface area contributed by atoms with Gasteiger partial charge in [0, 0.05) is 6.42 Å². The third-order valence-corrected chi connectivity index (χ3v) is 1.83. The lowest BCUT2D eigenvalue weighted by Gasteiger charge is -2.13. The number of carboxylic acid groups (broad SMARTS) is 1. The van der Waals surface area contributed by atoms with Crippen LogP contribution in [-0.2, 0) is 4.79 Å². The molecule has 0 saturated heterocycles. The normalized spacial score (nSPS) is 11.7. The SMILES string of the molecule is O=CC[C@H](NC(=O)O)c1ccccc1. The van der Waals surface area contributed by atoms with Gasteiger partial charge in [-0.1, -0.05) is 30.3 Å². The Kier molecular flexibility index (Phi) is 3.67.